The van der Waals surface area contributed by atoms with E-state index in [1.54, 1.807) is 0 Å². The van der Waals surface area contributed by atoms with Gasteiger partial charge in [0.1, 0.15) is 0 Å². The van der Waals surface area contributed by atoms with Crippen molar-refractivity contribution in [3.63, 3.8) is 0 Å². The molecule has 50 valence electrons. The Morgan fingerprint density at radius 1 is 1.12 bits per heavy atom. The first-order valence-electron chi connectivity index (χ1n) is 0.698. The van der Waals surface area contributed by atoms with Crippen LogP contribution in [-0.2, 0) is 27.5 Å². The summed E-state index contributed by atoms with van der Waals surface area (Å²) in [6, 6.07) is 0. The van der Waals surface area contributed by atoms with E-state index in [9.17, 15) is 0 Å². The van der Waals surface area contributed by atoms with Crippen LogP contribution in [0.4, 0.5) is 0 Å². The second-order valence-corrected chi connectivity index (χ2v) is 1.34. The van der Waals surface area contributed by atoms with E-state index >= 15 is 0 Å². The molecular weight excluding hydrogens is 318 g/mol. The van der Waals surface area contributed by atoms with Crippen molar-refractivity contribution in [2.24, 2.45) is 0 Å². The molecule has 0 aromatic carbocycles. The zero-order chi connectivity index (χ0) is 4.50. The van der Waals surface area contributed by atoms with Crippen molar-refractivity contribution in [3.8, 4) is 0 Å². The summed E-state index contributed by atoms with van der Waals surface area (Å²) in [6.45, 7) is 0. The monoisotopic (exact) mass is 322 g/mol. The Hall–Kier alpha value is 2.76. The zero-order valence-electron chi connectivity index (χ0n) is 2.88. The van der Waals surface area contributed by atoms with Crippen molar-refractivity contribution in [3.05, 3.63) is 0 Å². The van der Waals surface area contributed by atoms with E-state index in [1.807, 2.05) is 0 Å². The normalized spacial score (nSPS) is 7.25. The first kappa shape index (κ1) is 22.4. The molecule has 0 saturated carbocycles. The minimum atomic E-state index is -4.67. The fraction of sp³-hybridized carbons (Fsp3) is 0. The van der Waals surface area contributed by atoms with E-state index < -0.39 is 10.4 Å². The van der Waals surface area contributed by atoms with Gasteiger partial charge in [0.05, 0.1) is 0 Å². The van der Waals surface area contributed by atoms with Crippen LogP contribution in [0.3, 0.4) is 0 Å². The summed E-state index contributed by atoms with van der Waals surface area (Å²) in [5.74, 6) is 0. The zero-order valence-corrected chi connectivity index (χ0v) is 7.13. The molecule has 0 radical (unpaired) electrons. The first-order valence-corrected chi connectivity index (χ1v) is 2.10. The van der Waals surface area contributed by atoms with Gasteiger partial charge in [0, 0.05) is 17.1 Å². The van der Waals surface area contributed by atoms with Gasteiger partial charge in [-0.2, -0.15) is 8.42 Å². The maximum atomic E-state index is 8.74. The molecular formula is H4FeIKO4S. The van der Waals surface area contributed by atoms with Crippen molar-refractivity contribution in [2.45, 2.75) is 0 Å². The van der Waals surface area contributed by atoms with Crippen LogP contribution >= 0.6 is 24.0 Å². The van der Waals surface area contributed by atoms with Crippen molar-refractivity contribution >= 4 is 85.8 Å². The molecule has 0 aromatic heterocycles. The summed E-state index contributed by atoms with van der Waals surface area (Å²) in [7, 11) is -4.67. The van der Waals surface area contributed by atoms with Gasteiger partial charge in [0.2, 0.25) is 0 Å². The Kier molecular flexibility index (Phi) is 27.4. The second-order valence-electron chi connectivity index (χ2n) is 0.448. The van der Waals surface area contributed by atoms with E-state index in [1.165, 1.54) is 0 Å². The number of rotatable bonds is 0. The average Bonchev–Trinajstić information content (AvgIpc) is 0.722. The second kappa shape index (κ2) is 9.76. The Morgan fingerprint density at radius 3 is 1.12 bits per heavy atom. The van der Waals surface area contributed by atoms with Gasteiger partial charge in [-0.15, -0.1) is 24.0 Å². The number of hydrogen-bond acceptors (Lipinski definition) is 2. The quantitative estimate of drug-likeness (QED) is 0.352. The van der Waals surface area contributed by atoms with Gasteiger partial charge in [-0.3, -0.25) is 9.11 Å². The van der Waals surface area contributed by atoms with E-state index in [0.29, 0.717) is 0 Å². The predicted octanol–water partition coefficient (Wildman–Crippen LogP) is -0.686. The molecule has 0 aliphatic heterocycles. The Labute approximate surface area is 118 Å². The summed E-state index contributed by atoms with van der Waals surface area (Å²) < 4.78 is 31.6. The standard InChI is InChI=1S/Fe.HI.K.H2O4S.H/c;;;1-5(2,3)4;/h;1H;;(H2,1,2,3,4);. The van der Waals surface area contributed by atoms with Crippen molar-refractivity contribution in [1.29, 1.82) is 0 Å². The third-order valence-corrected chi connectivity index (χ3v) is 0. The molecule has 4 nitrogen and oxygen atoms in total. The van der Waals surface area contributed by atoms with E-state index in [-0.39, 0.29) is 92.4 Å². The fourth-order valence-corrected chi connectivity index (χ4v) is 0. The molecule has 0 fully saturated rings. The molecule has 0 unspecified atom stereocenters. The summed E-state index contributed by atoms with van der Waals surface area (Å²) in [5, 5.41) is 0. The topological polar surface area (TPSA) is 74.6 Å². The summed E-state index contributed by atoms with van der Waals surface area (Å²) in [4.78, 5) is 0. The molecule has 0 heterocycles. The molecule has 0 atom stereocenters. The molecule has 8 heavy (non-hydrogen) atoms. The van der Waals surface area contributed by atoms with Crippen LogP contribution in [0.1, 0.15) is 0 Å². The molecule has 0 spiro atoms. The summed E-state index contributed by atoms with van der Waals surface area (Å²) in [5.41, 5.74) is 0. The maximum absolute atomic E-state index is 8.74. The van der Waals surface area contributed by atoms with Crippen LogP contribution in [0.5, 0.6) is 0 Å². The molecule has 0 rings (SSSR count). The van der Waals surface area contributed by atoms with Crippen LogP contribution in [0.25, 0.3) is 0 Å². The summed E-state index contributed by atoms with van der Waals surface area (Å²) in [6.07, 6.45) is 0. The fourth-order valence-electron chi connectivity index (χ4n) is 0. The molecule has 0 aromatic rings. The van der Waals surface area contributed by atoms with Crippen molar-refractivity contribution in [2.75, 3.05) is 0 Å². The summed E-state index contributed by atoms with van der Waals surface area (Å²) >= 11 is 0. The Morgan fingerprint density at radius 2 is 1.12 bits per heavy atom. The van der Waals surface area contributed by atoms with E-state index in [0.717, 1.165) is 0 Å². The van der Waals surface area contributed by atoms with Crippen LogP contribution in [-0.4, -0.2) is 68.9 Å². The van der Waals surface area contributed by atoms with Crippen molar-refractivity contribution < 1.29 is 34.6 Å². The van der Waals surface area contributed by atoms with Gasteiger partial charge >= 0.3 is 61.8 Å². The first-order chi connectivity index (χ1) is 2.00. The molecule has 0 aliphatic carbocycles. The molecule has 0 bridgehead atoms. The number of hydrogen-bond donors (Lipinski definition) is 2. The van der Waals surface area contributed by atoms with Crippen molar-refractivity contribution in [1.82, 2.24) is 0 Å². The number of halogens is 1. The third kappa shape index (κ3) is 69.4. The Balaban J connectivity index is -0.0000000267. The molecule has 0 aliphatic rings. The minimum absolute atomic E-state index is 0. The van der Waals surface area contributed by atoms with Crippen LogP contribution in [0.15, 0.2) is 0 Å². The van der Waals surface area contributed by atoms with E-state index in [4.69, 9.17) is 17.5 Å². The molecule has 8 heteroatoms. The SMILES string of the molecule is I.O=S(=O)(O)O.[Fe].[KH]. The van der Waals surface area contributed by atoms with Gasteiger partial charge in [0.15, 0.2) is 0 Å². The van der Waals surface area contributed by atoms with Crippen LogP contribution < -0.4 is 0 Å². The van der Waals surface area contributed by atoms with Gasteiger partial charge in [-0.05, 0) is 0 Å². The molecule has 0 saturated heterocycles. The third-order valence-electron chi connectivity index (χ3n) is 0. The van der Waals surface area contributed by atoms with Gasteiger partial charge in [-0.1, -0.05) is 0 Å². The van der Waals surface area contributed by atoms with Crippen LogP contribution in [0, 0.1) is 0 Å². The van der Waals surface area contributed by atoms with Gasteiger partial charge < -0.3 is 0 Å². The van der Waals surface area contributed by atoms with E-state index in [2.05, 4.69) is 0 Å². The molecule has 2 N–H and O–H groups in total. The van der Waals surface area contributed by atoms with Gasteiger partial charge in [-0.25, -0.2) is 0 Å². The average molecular weight is 322 g/mol. The molecule has 0 amide bonds. The van der Waals surface area contributed by atoms with Gasteiger partial charge in [0.25, 0.3) is 0 Å². The Bertz CT molecular complexity index is 99.2. The predicted molar refractivity (Wildman–Crippen MR) is 36.7 cm³/mol. The van der Waals surface area contributed by atoms with Crippen LogP contribution in [0.2, 0.25) is 0 Å².